The Morgan fingerprint density at radius 2 is 2.12 bits per heavy atom. The number of nitrogens with one attached hydrogen (secondary N) is 2. The Kier molecular flexibility index (Phi) is 6.13. The highest BCUT2D eigenvalue weighted by Crippen LogP contribution is 2.27. The Bertz CT molecular complexity index is 720. The first-order valence-corrected chi connectivity index (χ1v) is 8.11. The summed E-state index contributed by atoms with van der Waals surface area (Å²) in [6.07, 6.45) is 0. The molecule has 0 saturated carbocycles. The topological polar surface area (TPSA) is 111 Å². The van der Waals surface area contributed by atoms with Crippen LogP contribution >= 0.6 is 11.8 Å². The van der Waals surface area contributed by atoms with Crippen LogP contribution in [0.2, 0.25) is 0 Å². The van der Waals surface area contributed by atoms with Gasteiger partial charge in [-0.3, -0.25) is 10.1 Å². The van der Waals surface area contributed by atoms with Crippen LogP contribution in [-0.4, -0.2) is 51.1 Å². The molecule has 2 N–H and O–H groups in total. The van der Waals surface area contributed by atoms with Crippen LogP contribution < -0.4 is 15.4 Å². The van der Waals surface area contributed by atoms with Crippen LogP contribution in [0.15, 0.2) is 29.4 Å². The third-order valence-corrected chi connectivity index (χ3v) is 4.01. The van der Waals surface area contributed by atoms with Crippen molar-refractivity contribution in [3.05, 3.63) is 24.3 Å². The highest BCUT2D eigenvalue weighted by Gasteiger charge is 2.21. The number of hydrogen-bond acceptors (Lipinski definition) is 7. The average Bonchev–Trinajstić information content (AvgIpc) is 3.02. The molecule has 0 spiro atoms. The van der Waals surface area contributed by atoms with Crippen LogP contribution in [0.5, 0.6) is 5.75 Å². The largest absolute Gasteiger partial charge is 0.494 e. The average molecular weight is 350 g/mol. The zero-order valence-electron chi connectivity index (χ0n) is 13.5. The van der Waals surface area contributed by atoms with E-state index < -0.39 is 17.2 Å². The molecule has 1 atom stereocenters. The molecule has 24 heavy (non-hydrogen) atoms. The fourth-order valence-electron chi connectivity index (χ4n) is 1.84. The van der Waals surface area contributed by atoms with Gasteiger partial charge in [-0.25, -0.2) is 4.79 Å². The lowest BCUT2D eigenvalue weighted by molar-refractivity contribution is -0.119. The van der Waals surface area contributed by atoms with Crippen LogP contribution in [0.4, 0.5) is 4.79 Å². The van der Waals surface area contributed by atoms with Gasteiger partial charge >= 0.3 is 6.03 Å². The minimum atomic E-state index is -0.563. The van der Waals surface area contributed by atoms with Gasteiger partial charge in [0.1, 0.15) is 11.4 Å². The van der Waals surface area contributed by atoms with Gasteiger partial charge in [0.15, 0.2) is 0 Å². The maximum absolute atomic E-state index is 12.0. The number of para-hydroxylation sites is 2. The second-order valence-corrected chi connectivity index (χ2v) is 5.96. The number of rotatable bonds is 6. The SMILES string of the molecule is CCNC(=O)NC(=O)C(C)Sc1nnnn1-c1ccccc1OC. The number of hydrogen-bond donors (Lipinski definition) is 2. The van der Waals surface area contributed by atoms with Crippen molar-refractivity contribution < 1.29 is 14.3 Å². The fraction of sp³-hybridized carbons (Fsp3) is 0.357. The van der Waals surface area contributed by atoms with Crippen LogP contribution in [0, 0.1) is 0 Å². The molecule has 0 bridgehead atoms. The minimum absolute atomic E-state index is 0.415. The molecule has 1 unspecified atom stereocenters. The Morgan fingerprint density at radius 1 is 1.38 bits per heavy atom. The molecule has 0 aliphatic rings. The molecule has 0 aliphatic carbocycles. The number of carbonyl (C=O) groups is 2. The number of imide groups is 1. The highest BCUT2D eigenvalue weighted by atomic mass is 32.2. The number of ether oxygens (including phenoxy) is 1. The van der Waals surface area contributed by atoms with E-state index in [2.05, 4.69) is 26.2 Å². The summed E-state index contributed by atoms with van der Waals surface area (Å²) in [5.41, 5.74) is 0.656. The number of amides is 3. The predicted octanol–water partition coefficient (Wildman–Crippen LogP) is 0.997. The molecule has 10 heteroatoms. The van der Waals surface area contributed by atoms with Crippen molar-refractivity contribution in [3.63, 3.8) is 0 Å². The number of benzene rings is 1. The molecule has 1 heterocycles. The second-order valence-electron chi connectivity index (χ2n) is 4.65. The first kappa shape index (κ1) is 17.7. The van der Waals surface area contributed by atoms with Crippen molar-refractivity contribution in [1.82, 2.24) is 30.8 Å². The first-order chi connectivity index (χ1) is 11.6. The summed E-state index contributed by atoms with van der Waals surface area (Å²) < 4.78 is 6.78. The number of carbonyl (C=O) groups excluding carboxylic acids is 2. The molecule has 0 saturated heterocycles. The molecule has 0 radical (unpaired) electrons. The summed E-state index contributed by atoms with van der Waals surface area (Å²) in [7, 11) is 1.55. The van der Waals surface area contributed by atoms with E-state index in [0.29, 0.717) is 23.1 Å². The van der Waals surface area contributed by atoms with Gasteiger partial charge in [-0.1, -0.05) is 23.9 Å². The van der Waals surface area contributed by atoms with Gasteiger partial charge < -0.3 is 10.1 Å². The highest BCUT2D eigenvalue weighted by molar-refractivity contribution is 8.00. The van der Waals surface area contributed by atoms with Gasteiger partial charge in [0, 0.05) is 6.54 Å². The van der Waals surface area contributed by atoms with Crippen molar-refractivity contribution in [2.45, 2.75) is 24.3 Å². The lowest BCUT2D eigenvalue weighted by Gasteiger charge is -2.12. The minimum Gasteiger partial charge on any atom is -0.494 e. The van der Waals surface area contributed by atoms with Crippen LogP contribution in [0.25, 0.3) is 5.69 Å². The third-order valence-electron chi connectivity index (χ3n) is 2.98. The number of methoxy groups -OCH3 is 1. The maximum atomic E-state index is 12.0. The smallest absolute Gasteiger partial charge is 0.321 e. The molecule has 1 aromatic heterocycles. The van der Waals surface area contributed by atoms with E-state index in [1.165, 1.54) is 4.68 Å². The quantitative estimate of drug-likeness (QED) is 0.748. The third kappa shape index (κ3) is 4.22. The first-order valence-electron chi connectivity index (χ1n) is 7.24. The zero-order chi connectivity index (χ0) is 17.5. The van der Waals surface area contributed by atoms with Crippen molar-refractivity contribution >= 4 is 23.7 Å². The molecule has 9 nitrogen and oxygen atoms in total. The molecule has 128 valence electrons. The standard InChI is InChI=1S/C14H18N6O3S/c1-4-15-13(22)16-12(21)9(2)24-14-17-18-19-20(14)10-7-5-6-8-11(10)23-3/h5-9H,4H2,1-3H3,(H2,15,16,21,22). The molecule has 2 aromatic rings. The molecule has 2 rings (SSSR count). The van der Waals surface area contributed by atoms with Gasteiger partial charge in [0.2, 0.25) is 11.1 Å². The fourth-order valence-corrected chi connectivity index (χ4v) is 2.64. The van der Waals surface area contributed by atoms with Crippen molar-refractivity contribution in [2.75, 3.05) is 13.7 Å². The zero-order valence-corrected chi connectivity index (χ0v) is 14.3. The van der Waals surface area contributed by atoms with E-state index in [4.69, 9.17) is 4.74 Å². The Balaban J connectivity index is 2.13. The molecular formula is C14H18N6O3S. The number of thioether (sulfide) groups is 1. The summed E-state index contributed by atoms with van der Waals surface area (Å²) in [6.45, 7) is 3.87. The van der Waals surface area contributed by atoms with Crippen molar-refractivity contribution in [2.24, 2.45) is 0 Å². The lowest BCUT2D eigenvalue weighted by Crippen LogP contribution is -2.42. The summed E-state index contributed by atoms with van der Waals surface area (Å²) in [5.74, 6) is 0.173. The van der Waals surface area contributed by atoms with Gasteiger partial charge in [-0.05, 0) is 36.4 Å². The molecule has 3 amide bonds. The summed E-state index contributed by atoms with van der Waals surface area (Å²) in [4.78, 5) is 23.4. The molecule has 1 aromatic carbocycles. The summed E-state index contributed by atoms with van der Waals surface area (Å²) >= 11 is 1.14. The van der Waals surface area contributed by atoms with Gasteiger partial charge in [0.25, 0.3) is 0 Å². The number of aromatic nitrogens is 4. The Morgan fingerprint density at radius 3 is 2.83 bits per heavy atom. The second kappa shape index (κ2) is 8.29. The van der Waals surface area contributed by atoms with Crippen LogP contribution in [-0.2, 0) is 4.79 Å². The monoisotopic (exact) mass is 350 g/mol. The number of tetrazole rings is 1. The van der Waals surface area contributed by atoms with Gasteiger partial charge in [-0.15, -0.1) is 5.10 Å². The van der Waals surface area contributed by atoms with Crippen molar-refractivity contribution in [3.8, 4) is 11.4 Å². The maximum Gasteiger partial charge on any atom is 0.321 e. The Hall–Kier alpha value is -2.62. The van der Waals surface area contributed by atoms with Crippen LogP contribution in [0.1, 0.15) is 13.8 Å². The van der Waals surface area contributed by atoms with E-state index in [-0.39, 0.29) is 0 Å². The molecule has 0 aliphatic heterocycles. The van der Waals surface area contributed by atoms with E-state index >= 15 is 0 Å². The van der Waals surface area contributed by atoms with E-state index in [9.17, 15) is 9.59 Å². The Labute approximate surface area is 143 Å². The molecule has 0 fully saturated rings. The normalized spacial score (nSPS) is 11.6. The molecular weight excluding hydrogens is 332 g/mol. The number of urea groups is 1. The predicted molar refractivity (Wildman–Crippen MR) is 88.2 cm³/mol. The van der Waals surface area contributed by atoms with Gasteiger partial charge in [-0.2, -0.15) is 4.68 Å². The number of nitrogens with zero attached hydrogens (tertiary/aromatic N) is 4. The lowest BCUT2D eigenvalue weighted by atomic mass is 10.3. The van der Waals surface area contributed by atoms with Gasteiger partial charge in [0.05, 0.1) is 12.4 Å². The van der Waals surface area contributed by atoms with E-state index in [1.54, 1.807) is 33.1 Å². The summed E-state index contributed by atoms with van der Waals surface area (Å²) in [5, 5.41) is 16.1. The van der Waals surface area contributed by atoms with Crippen molar-refractivity contribution in [1.29, 1.82) is 0 Å². The van der Waals surface area contributed by atoms with E-state index in [0.717, 1.165) is 11.8 Å². The van der Waals surface area contributed by atoms with E-state index in [1.807, 2.05) is 12.1 Å². The summed E-state index contributed by atoms with van der Waals surface area (Å²) in [6, 6.07) is 6.73. The van der Waals surface area contributed by atoms with Crippen LogP contribution in [0.3, 0.4) is 0 Å².